The molecule has 0 amide bonds. The number of aryl methyl sites for hydroxylation is 1. The molecular weight excluding hydrogens is 233 g/mol. The van der Waals surface area contributed by atoms with E-state index in [0.29, 0.717) is 4.75 Å². The van der Waals surface area contributed by atoms with Crippen molar-refractivity contribution in [2.45, 2.75) is 37.5 Å². The van der Waals surface area contributed by atoms with Gasteiger partial charge in [-0.05, 0) is 43.2 Å². The molecule has 0 unspecified atom stereocenters. The summed E-state index contributed by atoms with van der Waals surface area (Å²) in [5, 5.41) is 3.50. The van der Waals surface area contributed by atoms with Crippen LogP contribution in [-0.4, -0.2) is 17.5 Å². The molecule has 0 heterocycles. The smallest absolute Gasteiger partial charge is 0.126 e. The average Bonchev–Trinajstić information content (AvgIpc) is 2.27. The van der Waals surface area contributed by atoms with E-state index in [0.717, 1.165) is 18.7 Å². The number of halogens is 1. The molecule has 1 nitrogen and oxygen atoms in total. The predicted molar refractivity (Wildman–Crippen MR) is 72.9 cm³/mol. The van der Waals surface area contributed by atoms with E-state index in [2.05, 4.69) is 11.6 Å². The molecule has 3 heteroatoms. The first-order valence-electron chi connectivity index (χ1n) is 6.16. The lowest BCUT2D eigenvalue weighted by Crippen LogP contribution is -2.43. The molecule has 0 saturated heterocycles. The first kappa shape index (κ1) is 12.9. The van der Waals surface area contributed by atoms with Gasteiger partial charge in [-0.25, -0.2) is 4.39 Å². The molecule has 94 valence electrons. The van der Waals surface area contributed by atoms with Crippen molar-refractivity contribution < 1.29 is 4.39 Å². The number of benzene rings is 1. The number of rotatable bonds is 5. The summed E-state index contributed by atoms with van der Waals surface area (Å²) in [6, 6.07) is 5.34. The molecule has 17 heavy (non-hydrogen) atoms. The number of hydrogen-bond donors (Lipinski definition) is 1. The third-order valence-corrected chi connectivity index (χ3v) is 5.12. The fourth-order valence-corrected chi connectivity index (χ4v) is 3.22. The second kappa shape index (κ2) is 5.40. The van der Waals surface area contributed by atoms with Crippen LogP contribution in [0.25, 0.3) is 0 Å². The Morgan fingerprint density at radius 3 is 2.71 bits per heavy atom. The fraction of sp³-hybridized carbons (Fsp3) is 0.571. The molecule has 1 N–H and O–H groups in total. The van der Waals surface area contributed by atoms with Crippen LogP contribution in [0.15, 0.2) is 18.2 Å². The Labute approximate surface area is 107 Å². The maximum atomic E-state index is 13.1. The SMILES string of the molecule is CSC1(CNCc2ccc(F)c(C)c2)CCC1. The van der Waals surface area contributed by atoms with Gasteiger partial charge >= 0.3 is 0 Å². The summed E-state index contributed by atoms with van der Waals surface area (Å²) in [5.74, 6) is -0.117. The van der Waals surface area contributed by atoms with E-state index in [4.69, 9.17) is 0 Å². The standard InChI is InChI=1S/C14H20FNS/c1-11-8-12(4-5-13(11)15)9-16-10-14(17-2)6-3-7-14/h4-5,8,16H,3,6-7,9-10H2,1-2H3. The highest BCUT2D eigenvalue weighted by Crippen LogP contribution is 2.42. The van der Waals surface area contributed by atoms with Gasteiger partial charge in [0.25, 0.3) is 0 Å². The highest BCUT2D eigenvalue weighted by Gasteiger charge is 2.35. The van der Waals surface area contributed by atoms with Gasteiger partial charge in [-0.3, -0.25) is 0 Å². The van der Waals surface area contributed by atoms with Crippen LogP contribution in [0, 0.1) is 12.7 Å². The molecule has 0 radical (unpaired) electrons. The van der Waals surface area contributed by atoms with Crippen LogP contribution in [0.1, 0.15) is 30.4 Å². The van der Waals surface area contributed by atoms with Crippen molar-refractivity contribution in [1.82, 2.24) is 5.32 Å². The Morgan fingerprint density at radius 1 is 1.41 bits per heavy atom. The van der Waals surface area contributed by atoms with Crippen molar-refractivity contribution in [2.24, 2.45) is 0 Å². The normalized spacial score (nSPS) is 17.8. The first-order chi connectivity index (χ1) is 8.15. The summed E-state index contributed by atoms with van der Waals surface area (Å²) in [5.41, 5.74) is 1.90. The number of hydrogen-bond acceptors (Lipinski definition) is 2. The Kier molecular flexibility index (Phi) is 4.10. The highest BCUT2D eigenvalue weighted by atomic mass is 32.2. The van der Waals surface area contributed by atoms with E-state index in [9.17, 15) is 4.39 Å². The van der Waals surface area contributed by atoms with Gasteiger partial charge in [0.05, 0.1) is 0 Å². The van der Waals surface area contributed by atoms with Gasteiger partial charge in [-0.15, -0.1) is 0 Å². The van der Waals surface area contributed by atoms with Gasteiger partial charge < -0.3 is 5.32 Å². The van der Waals surface area contributed by atoms with Gasteiger partial charge in [0.1, 0.15) is 5.82 Å². The van der Waals surface area contributed by atoms with Crippen molar-refractivity contribution in [3.05, 3.63) is 35.1 Å². The van der Waals surface area contributed by atoms with Gasteiger partial charge in [0.15, 0.2) is 0 Å². The molecule has 0 aromatic heterocycles. The fourth-order valence-electron chi connectivity index (χ4n) is 2.28. The Balaban J connectivity index is 1.83. The molecule has 0 bridgehead atoms. The summed E-state index contributed by atoms with van der Waals surface area (Å²) in [4.78, 5) is 0. The molecule has 0 atom stereocenters. The van der Waals surface area contributed by atoms with Gasteiger partial charge in [-0.1, -0.05) is 18.6 Å². The summed E-state index contributed by atoms with van der Waals surface area (Å²) in [6.45, 7) is 3.71. The molecule has 1 aromatic carbocycles. The van der Waals surface area contributed by atoms with E-state index in [1.54, 1.807) is 6.07 Å². The van der Waals surface area contributed by atoms with Crippen molar-refractivity contribution in [3.63, 3.8) is 0 Å². The molecule has 1 saturated carbocycles. The van der Waals surface area contributed by atoms with Gasteiger partial charge in [0.2, 0.25) is 0 Å². The quantitative estimate of drug-likeness (QED) is 0.862. The van der Waals surface area contributed by atoms with Crippen molar-refractivity contribution in [2.75, 3.05) is 12.8 Å². The highest BCUT2D eigenvalue weighted by molar-refractivity contribution is 8.00. The van der Waals surface area contributed by atoms with E-state index < -0.39 is 0 Å². The van der Waals surface area contributed by atoms with Crippen molar-refractivity contribution >= 4 is 11.8 Å². The molecule has 1 aliphatic carbocycles. The van der Waals surface area contributed by atoms with E-state index in [1.807, 2.05) is 30.8 Å². The molecule has 1 aromatic rings. The second-order valence-corrected chi connectivity index (χ2v) is 6.20. The zero-order chi connectivity index (χ0) is 12.3. The van der Waals surface area contributed by atoms with Crippen LogP contribution in [0.5, 0.6) is 0 Å². The lowest BCUT2D eigenvalue weighted by atomic mass is 9.84. The molecular formula is C14H20FNS. The third kappa shape index (κ3) is 3.02. The lowest BCUT2D eigenvalue weighted by Gasteiger charge is -2.40. The molecule has 0 aliphatic heterocycles. The van der Waals surface area contributed by atoms with E-state index in [1.165, 1.54) is 24.8 Å². The van der Waals surface area contributed by atoms with Crippen LogP contribution in [-0.2, 0) is 6.54 Å². The summed E-state index contributed by atoms with van der Waals surface area (Å²) in [6.07, 6.45) is 6.20. The molecule has 1 aliphatic rings. The van der Waals surface area contributed by atoms with Crippen molar-refractivity contribution in [3.8, 4) is 0 Å². The Morgan fingerprint density at radius 2 is 2.18 bits per heavy atom. The first-order valence-corrected chi connectivity index (χ1v) is 7.39. The Hall–Kier alpha value is -0.540. The monoisotopic (exact) mass is 253 g/mol. The summed E-state index contributed by atoms with van der Waals surface area (Å²) < 4.78 is 13.6. The van der Waals surface area contributed by atoms with Crippen LogP contribution < -0.4 is 5.32 Å². The average molecular weight is 253 g/mol. The topological polar surface area (TPSA) is 12.0 Å². The third-order valence-electron chi connectivity index (χ3n) is 3.70. The minimum atomic E-state index is -0.117. The van der Waals surface area contributed by atoms with Crippen LogP contribution in [0.4, 0.5) is 4.39 Å². The predicted octanol–water partition coefficient (Wildman–Crippen LogP) is 3.51. The number of nitrogens with one attached hydrogen (secondary N) is 1. The molecule has 2 rings (SSSR count). The maximum absolute atomic E-state index is 13.1. The maximum Gasteiger partial charge on any atom is 0.126 e. The second-order valence-electron chi connectivity index (χ2n) is 4.93. The lowest BCUT2D eigenvalue weighted by molar-refractivity contribution is 0.345. The van der Waals surface area contributed by atoms with Crippen molar-refractivity contribution in [1.29, 1.82) is 0 Å². The van der Waals surface area contributed by atoms with Crippen LogP contribution in [0.2, 0.25) is 0 Å². The van der Waals surface area contributed by atoms with E-state index in [-0.39, 0.29) is 5.82 Å². The van der Waals surface area contributed by atoms with Crippen LogP contribution >= 0.6 is 11.8 Å². The zero-order valence-corrected chi connectivity index (χ0v) is 11.4. The van der Waals surface area contributed by atoms with Gasteiger partial charge in [-0.2, -0.15) is 11.8 Å². The zero-order valence-electron chi connectivity index (χ0n) is 10.6. The molecule has 0 spiro atoms. The van der Waals surface area contributed by atoms with Crippen LogP contribution in [0.3, 0.4) is 0 Å². The van der Waals surface area contributed by atoms with Gasteiger partial charge in [0, 0.05) is 17.8 Å². The Bertz CT molecular complexity index is 382. The largest absolute Gasteiger partial charge is 0.311 e. The summed E-state index contributed by atoms with van der Waals surface area (Å²) >= 11 is 1.98. The summed E-state index contributed by atoms with van der Waals surface area (Å²) in [7, 11) is 0. The minimum Gasteiger partial charge on any atom is -0.311 e. The minimum absolute atomic E-state index is 0.117. The number of thioether (sulfide) groups is 1. The molecule has 1 fully saturated rings. The van der Waals surface area contributed by atoms with E-state index >= 15 is 0 Å².